The summed E-state index contributed by atoms with van der Waals surface area (Å²) in [5.41, 5.74) is 1.31. The Labute approximate surface area is 138 Å². The van der Waals surface area contributed by atoms with Crippen molar-refractivity contribution in [1.82, 2.24) is 10.2 Å². The Morgan fingerprint density at radius 2 is 1.91 bits per heavy atom. The summed E-state index contributed by atoms with van der Waals surface area (Å²) in [7, 11) is 0. The second kappa shape index (κ2) is 7.62. The van der Waals surface area contributed by atoms with Crippen molar-refractivity contribution < 1.29 is 9.59 Å². The van der Waals surface area contributed by atoms with Gasteiger partial charge in [0, 0.05) is 25.4 Å². The first-order valence-electron chi connectivity index (χ1n) is 8.84. The highest BCUT2D eigenvalue weighted by molar-refractivity contribution is 5.83. The summed E-state index contributed by atoms with van der Waals surface area (Å²) < 4.78 is 0. The van der Waals surface area contributed by atoms with Gasteiger partial charge in [-0.2, -0.15) is 0 Å². The Balaban J connectivity index is 1.41. The van der Waals surface area contributed by atoms with Crippen LogP contribution in [0.25, 0.3) is 0 Å². The molecule has 0 radical (unpaired) electrons. The van der Waals surface area contributed by atoms with Crippen molar-refractivity contribution in [2.24, 2.45) is 5.92 Å². The molecule has 1 aromatic rings. The monoisotopic (exact) mass is 314 g/mol. The number of hydrogen-bond donors (Lipinski definition) is 1. The summed E-state index contributed by atoms with van der Waals surface area (Å²) in [6, 6.07) is 10.4. The normalized spacial score (nSPS) is 21.8. The summed E-state index contributed by atoms with van der Waals surface area (Å²) >= 11 is 0. The van der Waals surface area contributed by atoms with Gasteiger partial charge in [0.1, 0.15) is 0 Å². The average Bonchev–Trinajstić information content (AvgIpc) is 3.19. The van der Waals surface area contributed by atoms with Gasteiger partial charge in [-0.05, 0) is 31.2 Å². The van der Waals surface area contributed by atoms with E-state index in [1.165, 1.54) is 5.56 Å². The van der Waals surface area contributed by atoms with Crippen molar-refractivity contribution in [3.05, 3.63) is 35.9 Å². The third-order valence-electron chi connectivity index (χ3n) is 5.02. The van der Waals surface area contributed by atoms with Crippen LogP contribution in [0.1, 0.15) is 44.1 Å². The molecule has 1 aliphatic carbocycles. The van der Waals surface area contributed by atoms with Crippen molar-refractivity contribution in [3.8, 4) is 0 Å². The van der Waals surface area contributed by atoms with Gasteiger partial charge in [0.15, 0.2) is 0 Å². The summed E-state index contributed by atoms with van der Waals surface area (Å²) in [6.45, 7) is 1.45. The maximum Gasteiger partial charge on any atom is 0.224 e. The van der Waals surface area contributed by atoms with Crippen LogP contribution in [0.3, 0.4) is 0 Å². The van der Waals surface area contributed by atoms with Crippen molar-refractivity contribution in [3.63, 3.8) is 0 Å². The Hall–Kier alpha value is -1.84. The lowest BCUT2D eigenvalue weighted by Crippen LogP contribution is -2.40. The van der Waals surface area contributed by atoms with Gasteiger partial charge < -0.3 is 10.2 Å². The van der Waals surface area contributed by atoms with E-state index in [9.17, 15) is 9.59 Å². The van der Waals surface area contributed by atoms with E-state index < -0.39 is 0 Å². The number of benzene rings is 1. The SMILES string of the molecule is O=C(NC1CC(=O)N(CCCc2ccccc2)C1)C1CCCC1. The summed E-state index contributed by atoms with van der Waals surface area (Å²) in [4.78, 5) is 26.2. The fourth-order valence-electron chi connectivity index (χ4n) is 3.71. The van der Waals surface area contributed by atoms with E-state index in [2.05, 4.69) is 17.4 Å². The van der Waals surface area contributed by atoms with Crippen LogP contribution in [-0.4, -0.2) is 35.8 Å². The zero-order valence-corrected chi connectivity index (χ0v) is 13.7. The molecule has 3 rings (SSSR count). The van der Waals surface area contributed by atoms with Crippen LogP contribution in [0, 0.1) is 5.92 Å². The van der Waals surface area contributed by atoms with Gasteiger partial charge in [0.05, 0.1) is 6.04 Å². The number of carbonyl (C=O) groups excluding carboxylic acids is 2. The Morgan fingerprint density at radius 1 is 1.17 bits per heavy atom. The molecule has 1 N–H and O–H groups in total. The molecule has 1 saturated heterocycles. The second-order valence-corrected chi connectivity index (χ2v) is 6.82. The van der Waals surface area contributed by atoms with Crippen LogP contribution >= 0.6 is 0 Å². The van der Waals surface area contributed by atoms with E-state index in [0.717, 1.165) is 45.1 Å². The summed E-state index contributed by atoms with van der Waals surface area (Å²) in [5.74, 6) is 0.512. The Bertz CT molecular complexity index is 538. The predicted octanol–water partition coefficient (Wildman–Crippen LogP) is 2.53. The molecule has 0 aromatic heterocycles. The zero-order chi connectivity index (χ0) is 16.1. The van der Waals surface area contributed by atoms with E-state index in [0.29, 0.717) is 13.0 Å². The molecule has 1 unspecified atom stereocenters. The van der Waals surface area contributed by atoms with Crippen LogP contribution in [-0.2, 0) is 16.0 Å². The first-order chi connectivity index (χ1) is 11.2. The number of nitrogens with one attached hydrogen (secondary N) is 1. The van der Waals surface area contributed by atoms with Gasteiger partial charge in [-0.3, -0.25) is 9.59 Å². The first kappa shape index (κ1) is 16.0. The number of likely N-dealkylation sites (tertiary alicyclic amines) is 1. The maximum atomic E-state index is 12.2. The lowest BCUT2D eigenvalue weighted by Gasteiger charge is -2.18. The van der Waals surface area contributed by atoms with Gasteiger partial charge in [-0.1, -0.05) is 43.2 Å². The smallest absolute Gasteiger partial charge is 0.224 e. The molecule has 2 amide bonds. The largest absolute Gasteiger partial charge is 0.351 e. The number of amides is 2. The highest BCUT2D eigenvalue weighted by atomic mass is 16.2. The van der Waals surface area contributed by atoms with Crippen LogP contribution in [0.5, 0.6) is 0 Å². The van der Waals surface area contributed by atoms with Crippen molar-refractivity contribution in [1.29, 1.82) is 0 Å². The lowest BCUT2D eigenvalue weighted by atomic mass is 10.1. The van der Waals surface area contributed by atoms with E-state index >= 15 is 0 Å². The molecule has 1 heterocycles. The van der Waals surface area contributed by atoms with Crippen LogP contribution < -0.4 is 5.32 Å². The number of hydrogen-bond acceptors (Lipinski definition) is 2. The number of rotatable bonds is 6. The summed E-state index contributed by atoms with van der Waals surface area (Å²) in [6.07, 6.45) is 6.76. The molecule has 0 spiro atoms. The van der Waals surface area contributed by atoms with E-state index in [1.807, 2.05) is 23.1 Å². The molecule has 0 bridgehead atoms. The minimum Gasteiger partial charge on any atom is -0.351 e. The Morgan fingerprint density at radius 3 is 2.65 bits per heavy atom. The van der Waals surface area contributed by atoms with Crippen molar-refractivity contribution in [2.75, 3.05) is 13.1 Å². The third kappa shape index (κ3) is 4.34. The van der Waals surface area contributed by atoms with Gasteiger partial charge in [-0.25, -0.2) is 0 Å². The highest BCUT2D eigenvalue weighted by Gasteiger charge is 2.32. The lowest BCUT2D eigenvalue weighted by molar-refractivity contribution is -0.127. The predicted molar refractivity (Wildman–Crippen MR) is 89.8 cm³/mol. The van der Waals surface area contributed by atoms with Gasteiger partial charge in [0.25, 0.3) is 0 Å². The first-order valence-corrected chi connectivity index (χ1v) is 8.84. The molecule has 2 fully saturated rings. The fraction of sp³-hybridized carbons (Fsp3) is 0.579. The highest BCUT2D eigenvalue weighted by Crippen LogP contribution is 2.25. The molecule has 124 valence electrons. The minimum absolute atomic E-state index is 0.00678. The van der Waals surface area contributed by atoms with Crippen molar-refractivity contribution in [2.45, 2.75) is 51.0 Å². The average molecular weight is 314 g/mol. The zero-order valence-electron chi connectivity index (χ0n) is 13.7. The van der Waals surface area contributed by atoms with Gasteiger partial charge in [-0.15, -0.1) is 0 Å². The molecule has 1 saturated carbocycles. The minimum atomic E-state index is 0.00678. The number of carbonyl (C=O) groups is 2. The number of aryl methyl sites for hydroxylation is 1. The van der Waals surface area contributed by atoms with Crippen LogP contribution in [0.2, 0.25) is 0 Å². The quantitative estimate of drug-likeness (QED) is 0.877. The molecule has 2 aliphatic rings. The Kier molecular flexibility index (Phi) is 5.31. The molecular weight excluding hydrogens is 288 g/mol. The van der Waals surface area contributed by atoms with Gasteiger partial charge in [0.2, 0.25) is 11.8 Å². The molecule has 1 atom stereocenters. The maximum absolute atomic E-state index is 12.2. The second-order valence-electron chi connectivity index (χ2n) is 6.82. The molecule has 23 heavy (non-hydrogen) atoms. The third-order valence-corrected chi connectivity index (χ3v) is 5.02. The molecule has 4 nitrogen and oxygen atoms in total. The summed E-state index contributed by atoms with van der Waals surface area (Å²) in [5, 5.41) is 3.09. The van der Waals surface area contributed by atoms with Gasteiger partial charge >= 0.3 is 0 Å². The molecule has 4 heteroatoms. The fourth-order valence-corrected chi connectivity index (χ4v) is 3.71. The molecular formula is C19H26N2O2. The van der Waals surface area contributed by atoms with E-state index in [-0.39, 0.29) is 23.8 Å². The van der Waals surface area contributed by atoms with Crippen LogP contribution in [0.4, 0.5) is 0 Å². The molecule has 1 aliphatic heterocycles. The standard InChI is InChI=1S/C19H26N2O2/c22-18-13-17(20-19(23)16-10-4-5-11-16)14-21(18)12-6-9-15-7-2-1-3-8-15/h1-3,7-8,16-17H,4-6,9-14H2,(H,20,23). The molecule has 1 aromatic carbocycles. The topological polar surface area (TPSA) is 49.4 Å². The van der Waals surface area contributed by atoms with Crippen molar-refractivity contribution >= 4 is 11.8 Å². The van der Waals surface area contributed by atoms with E-state index in [1.54, 1.807) is 0 Å². The van der Waals surface area contributed by atoms with Crippen LogP contribution in [0.15, 0.2) is 30.3 Å². The number of nitrogens with zero attached hydrogens (tertiary/aromatic N) is 1. The van der Waals surface area contributed by atoms with E-state index in [4.69, 9.17) is 0 Å².